The van der Waals surface area contributed by atoms with Crippen LogP contribution in [0.1, 0.15) is 21.5 Å². The molecule has 0 atom stereocenters. The van der Waals surface area contributed by atoms with Crippen molar-refractivity contribution in [1.82, 2.24) is 5.43 Å². The van der Waals surface area contributed by atoms with Crippen LogP contribution >= 0.6 is 23.2 Å². The average Bonchev–Trinajstić information content (AvgIpc) is 2.33. The van der Waals surface area contributed by atoms with Crippen molar-refractivity contribution in [3.05, 3.63) is 28.8 Å². The lowest BCUT2D eigenvalue weighted by molar-refractivity contribution is 0.0952. The van der Waals surface area contributed by atoms with Gasteiger partial charge in [0, 0.05) is 17.3 Å². The molecular formula is C11H14Cl2N2O2. The van der Waals surface area contributed by atoms with Crippen molar-refractivity contribution >= 4 is 29.1 Å². The first-order chi connectivity index (χ1) is 8.15. The molecule has 4 N–H and O–H groups in total. The monoisotopic (exact) mass is 276 g/mol. The van der Waals surface area contributed by atoms with E-state index in [-0.39, 0.29) is 5.75 Å². The summed E-state index contributed by atoms with van der Waals surface area (Å²) in [5, 5.41) is 9.76. The fourth-order valence-electron chi connectivity index (χ4n) is 1.72. The van der Waals surface area contributed by atoms with Gasteiger partial charge in [0.2, 0.25) is 0 Å². The Morgan fingerprint density at radius 2 is 1.82 bits per heavy atom. The van der Waals surface area contributed by atoms with Crippen LogP contribution in [-0.4, -0.2) is 22.8 Å². The number of halogens is 2. The van der Waals surface area contributed by atoms with E-state index in [2.05, 4.69) is 5.43 Å². The highest BCUT2D eigenvalue weighted by Gasteiger charge is 2.16. The molecule has 0 aliphatic heterocycles. The second kappa shape index (κ2) is 6.69. The lowest BCUT2D eigenvalue weighted by Crippen LogP contribution is -2.31. The smallest absolute Gasteiger partial charge is 0.265 e. The Hall–Kier alpha value is -0.970. The van der Waals surface area contributed by atoms with Crippen molar-refractivity contribution in [2.75, 3.05) is 11.8 Å². The summed E-state index contributed by atoms with van der Waals surface area (Å²) in [6.45, 7) is 0. The molecule has 1 rings (SSSR count). The minimum absolute atomic E-state index is 0.124. The van der Waals surface area contributed by atoms with E-state index < -0.39 is 5.91 Å². The molecule has 0 bridgehead atoms. The Kier molecular flexibility index (Phi) is 5.55. The zero-order chi connectivity index (χ0) is 12.8. The molecule has 0 aliphatic carbocycles. The van der Waals surface area contributed by atoms with E-state index in [4.69, 9.17) is 29.0 Å². The van der Waals surface area contributed by atoms with Crippen LogP contribution < -0.4 is 11.3 Å². The van der Waals surface area contributed by atoms with Gasteiger partial charge in [0.25, 0.3) is 5.91 Å². The van der Waals surface area contributed by atoms with E-state index in [0.717, 1.165) is 0 Å². The molecule has 0 saturated heterocycles. The van der Waals surface area contributed by atoms with Gasteiger partial charge in [-0.3, -0.25) is 10.2 Å². The van der Waals surface area contributed by atoms with Crippen molar-refractivity contribution in [3.8, 4) is 5.75 Å². The zero-order valence-electron chi connectivity index (χ0n) is 9.17. The number of hydrogen-bond donors (Lipinski definition) is 3. The molecule has 0 radical (unpaired) electrons. The molecule has 0 saturated carbocycles. The molecule has 6 heteroatoms. The summed E-state index contributed by atoms with van der Waals surface area (Å²) in [6.07, 6.45) is 0.955. The summed E-state index contributed by atoms with van der Waals surface area (Å²) in [4.78, 5) is 11.6. The Morgan fingerprint density at radius 3 is 2.35 bits per heavy atom. The topological polar surface area (TPSA) is 75.3 Å². The van der Waals surface area contributed by atoms with E-state index >= 15 is 0 Å². The molecular weight excluding hydrogens is 263 g/mol. The van der Waals surface area contributed by atoms with Gasteiger partial charge in [0.05, 0.1) is 0 Å². The van der Waals surface area contributed by atoms with Crippen LogP contribution in [-0.2, 0) is 12.8 Å². The maximum absolute atomic E-state index is 11.6. The summed E-state index contributed by atoms with van der Waals surface area (Å²) < 4.78 is 0. The predicted molar refractivity (Wildman–Crippen MR) is 68.6 cm³/mol. The van der Waals surface area contributed by atoms with Crippen LogP contribution in [0, 0.1) is 0 Å². The van der Waals surface area contributed by atoms with Crippen molar-refractivity contribution in [1.29, 1.82) is 0 Å². The van der Waals surface area contributed by atoms with Crippen molar-refractivity contribution in [2.24, 2.45) is 5.84 Å². The molecule has 1 amide bonds. The van der Waals surface area contributed by atoms with Crippen LogP contribution in [0.15, 0.2) is 12.1 Å². The van der Waals surface area contributed by atoms with Gasteiger partial charge in [-0.2, -0.15) is 0 Å². The Bertz CT molecular complexity index is 411. The first kappa shape index (κ1) is 14.1. The van der Waals surface area contributed by atoms with Gasteiger partial charge >= 0.3 is 0 Å². The van der Waals surface area contributed by atoms with Gasteiger partial charge in [0.15, 0.2) is 0 Å². The molecule has 4 nitrogen and oxygen atoms in total. The number of aromatic hydroxyl groups is 1. The number of amides is 1. The number of alkyl halides is 2. The van der Waals surface area contributed by atoms with E-state index in [9.17, 15) is 9.90 Å². The molecule has 0 aliphatic rings. The lowest BCUT2D eigenvalue weighted by atomic mass is 9.95. The number of nitrogens with two attached hydrogens (primary N) is 1. The predicted octanol–water partition coefficient (Wildman–Crippen LogP) is 1.56. The largest absolute Gasteiger partial charge is 0.508 e. The summed E-state index contributed by atoms with van der Waals surface area (Å²) in [5.74, 6) is 5.54. The Labute approximate surface area is 110 Å². The van der Waals surface area contributed by atoms with Gasteiger partial charge < -0.3 is 5.11 Å². The number of carbonyl (C=O) groups excluding carboxylic acids is 1. The number of hydrazine groups is 1. The number of phenols is 1. The number of nitrogen functional groups attached to an aromatic ring is 1. The van der Waals surface area contributed by atoms with E-state index in [0.29, 0.717) is 41.3 Å². The van der Waals surface area contributed by atoms with Crippen LogP contribution in [0.4, 0.5) is 0 Å². The van der Waals surface area contributed by atoms with Gasteiger partial charge in [0.1, 0.15) is 5.75 Å². The van der Waals surface area contributed by atoms with Crippen molar-refractivity contribution < 1.29 is 9.90 Å². The van der Waals surface area contributed by atoms with Crippen molar-refractivity contribution in [3.63, 3.8) is 0 Å². The SMILES string of the molecule is NNC(=O)c1ccc(O)c(CCCl)c1CCCl. The average molecular weight is 277 g/mol. The zero-order valence-corrected chi connectivity index (χ0v) is 10.7. The first-order valence-corrected chi connectivity index (χ1v) is 6.19. The maximum atomic E-state index is 11.6. The van der Waals surface area contributed by atoms with E-state index in [1.165, 1.54) is 12.1 Å². The highest BCUT2D eigenvalue weighted by atomic mass is 35.5. The second-order valence-corrected chi connectivity index (χ2v) is 4.20. The quantitative estimate of drug-likeness (QED) is 0.331. The number of phenolic OH excluding ortho intramolecular Hbond substituents is 1. The summed E-state index contributed by atoms with van der Waals surface area (Å²) in [7, 11) is 0. The molecule has 1 aromatic rings. The fourth-order valence-corrected chi connectivity index (χ4v) is 2.10. The van der Waals surface area contributed by atoms with Crippen LogP contribution in [0.25, 0.3) is 0 Å². The highest BCUT2D eigenvalue weighted by molar-refractivity contribution is 6.18. The number of hydrogen-bond acceptors (Lipinski definition) is 3. The molecule has 1 aromatic carbocycles. The molecule has 0 heterocycles. The molecule has 94 valence electrons. The number of nitrogens with one attached hydrogen (secondary N) is 1. The Morgan fingerprint density at radius 1 is 1.24 bits per heavy atom. The van der Waals surface area contributed by atoms with Crippen molar-refractivity contribution in [2.45, 2.75) is 12.8 Å². The third kappa shape index (κ3) is 3.25. The van der Waals surface area contributed by atoms with Crippen LogP contribution in [0.5, 0.6) is 5.75 Å². The minimum Gasteiger partial charge on any atom is -0.508 e. The van der Waals surface area contributed by atoms with Gasteiger partial charge in [-0.25, -0.2) is 5.84 Å². The highest BCUT2D eigenvalue weighted by Crippen LogP contribution is 2.26. The van der Waals surface area contributed by atoms with Crippen LogP contribution in [0.2, 0.25) is 0 Å². The molecule has 0 unspecified atom stereocenters. The lowest BCUT2D eigenvalue weighted by Gasteiger charge is -2.14. The standard InChI is InChI=1S/C11H14Cl2N2O2/c12-5-3-7-8(4-6-13)10(16)2-1-9(7)11(17)15-14/h1-2,16H,3-6,14H2,(H,15,17). The molecule has 0 fully saturated rings. The maximum Gasteiger partial charge on any atom is 0.265 e. The van der Waals surface area contributed by atoms with Gasteiger partial charge in [-0.05, 0) is 36.1 Å². The molecule has 0 spiro atoms. The third-order valence-corrected chi connectivity index (χ3v) is 2.85. The summed E-state index contributed by atoms with van der Waals surface area (Å²) in [5.41, 5.74) is 3.85. The normalized spacial score (nSPS) is 10.3. The van der Waals surface area contributed by atoms with Gasteiger partial charge in [-0.1, -0.05) is 0 Å². The van der Waals surface area contributed by atoms with Crippen LogP contribution in [0.3, 0.4) is 0 Å². The number of carbonyl (C=O) groups is 1. The number of rotatable bonds is 5. The van der Waals surface area contributed by atoms with Gasteiger partial charge in [-0.15, -0.1) is 23.2 Å². The van der Waals surface area contributed by atoms with E-state index in [1.807, 2.05) is 0 Å². The summed E-state index contributed by atoms with van der Waals surface area (Å²) in [6, 6.07) is 2.99. The fraction of sp³-hybridized carbons (Fsp3) is 0.364. The second-order valence-electron chi connectivity index (χ2n) is 3.44. The summed E-state index contributed by atoms with van der Waals surface area (Å²) >= 11 is 11.4. The molecule has 17 heavy (non-hydrogen) atoms. The first-order valence-electron chi connectivity index (χ1n) is 5.12. The number of benzene rings is 1. The Balaban J connectivity index is 3.30. The molecule has 0 aromatic heterocycles. The minimum atomic E-state index is -0.402. The van der Waals surface area contributed by atoms with E-state index in [1.54, 1.807) is 0 Å². The third-order valence-electron chi connectivity index (χ3n) is 2.47.